The average molecular weight is 418 g/mol. The Morgan fingerprint density at radius 1 is 1.29 bits per heavy atom. The standard InChI is InChI=1S/C18H19ClF3N3O3/c1-23-25-16(27)14-9-13(11-4-6-12(19)7-5-11)17(28-10-18(20,21)22)24-15(14)3-2-8-26/h4-7,9,23,26H,2-3,8,10H2,1H3,(H,25,27). The van der Waals surface area contributed by atoms with Gasteiger partial charge in [0.25, 0.3) is 5.91 Å². The number of nitrogens with one attached hydrogen (secondary N) is 2. The summed E-state index contributed by atoms with van der Waals surface area (Å²) in [5.74, 6) is -0.769. The van der Waals surface area contributed by atoms with Crippen molar-refractivity contribution >= 4 is 17.5 Å². The van der Waals surface area contributed by atoms with Gasteiger partial charge in [-0.1, -0.05) is 23.7 Å². The van der Waals surface area contributed by atoms with Gasteiger partial charge in [0.15, 0.2) is 6.61 Å². The summed E-state index contributed by atoms with van der Waals surface area (Å²) in [6, 6.07) is 7.73. The van der Waals surface area contributed by atoms with E-state index in [0.29, 0.717) is 10.6 Å². The number of benzene rings is 1. The van der Waals surface area contributed by atoms with Crippen molar-refractivity contribution in [1.82, 2.24) is 15.8 Å². The van der Waals surface area contributed by atoms with Gasteiger partial charge in [-0.25, -0.2) is 10.4 Å². The van der Waals surface area contributed by atoms with Gasteiger partial charge in [-0.2, -0.15) is 13.2 Å². The molecular weight excluding hydrogens is 399 g/mol. The lowest BCUT2D eigenvalue weighted by Gasteiger charge is -2.17. The van der Waals surface area contributed by atoms with Gasteiger partial charge >= 0.3 is 6.18 Å². The number of ether oxygens (including phenoxy) is 1. The number of aromatic nitrogens is 1. The first-order valence-electron chi connectivity index (χ1n) is 8.32. The van der Waals surface area contributed by atoms with E-state index in [9.17, 15) is 18.0 Å². The van der Waals surface area contributed by atoms with Crippen molar-refractivity contribution in [3.05, 3.63) is 46.6 Å². The van der Waals surface area contributed by atoms with Crippen molar-refractivity contribution in [2.75, 3.05) is 20.3 Å². The van der Waals surface area contributed by atoms with E-state index >= 15 is 0 Å². The highest BCUT2D eigenvalue weighted by molar-refractivity contribution is 6.30. The van der Waals surface area contributed by atoms with Crippen LogP contribution in [-0.2, 0) is 6.42 Å². The molecule has 28 heavy (non-hydrogen) atoms. The lowest BCUT2D eigenvalue weighted by atomic mass is 10.0. The second kappa shape index (κ2) is 9.72. The summed E-state index contributed by atoms with van der Waals surface area (Å²) in [7, 11) is 1.50. The van der Waals surface area contributed by atoms with Crippen LogP contribution in [0.2, 0.25) is 5.02 Å². The number of nitrogens with zero attached hydrogens (tertiary/aromatic N) is 1. The number of aryl methyl sites for hydroxylation is 1. The Bertz CT molecular complexity index is 814. The fourth-order valence-corrected chi connectivity index (χ4v) is 2.57. The molecule has 0 aliphatic rings. The molecule has 0 bridgehead atoms. The number of hydrogen-bond acceptors (Lipinski definition) is 5. The molecule has 2 rings (SSSR count). The van der Waals surface area contributed by atoms with E-state index < -0.39 is 18.7 Å². The normalized spacial score (nSPS) is 11.4. The minimum atomic E-state index is -4.55. The first-order chi connectivity index (χ1) is 13.2. The lowest BCUT2D eigenvalue weighted by Crippen LogP contribution is -2.35. The SMILES string of the molecule is CNNC(=O)c1cc(-c2ccc(Cl)cc2)c(OCC(F)(F)F)nc1CCCO. The number of carbonyl (C=O) groups excluding carboxylic acids is 1. The molecule has 0 unspecified atom stereocenters. The molecule has 3 N–H and O–H groups in total. The summed E-state index contributed by atoms with van der Waals surface area (Å²) in [4.78, 5) is 16.5. The third kappa shape index (κ3) is 6.08. The number of hydrazine groups is 1. The van der Waals surface area contributed by atoms with E-state index in [4.69, 9.17) is 21.4 Å². The van der Waals surface area contributed by atoms with E-state index in [1.165, 1.54) is 13.1 Å². The van der Waals surface area contributed by atoms with Gasteiger partial charge < -0.3 is 9.84 Å². The molecule has 0 saturated carbocycles. The van der Waals surface area contributed by atoms with Gasteiger partial charge in [-0.05, 0) is 36.6 Å². The first kappa shape index (κ1) is 21.9. The molecule has 0 saturated heterocycles. The van der Waals surface area contributed by atoms with Crippen LogP contribution in [0.1, 0.15) is 22.5 Å². The predicted molar refractivity (Wildman–Crippen MR) is 98.2 cm³/mol. The zero-order valence-corrected chi connectivity index (χ0v) is 15.7. The highest BCUT2D eigenvalue weighted by Crippen LogP contribution is 2.33. The number of aliphatic hydroxyl groups is 1. The predicted octanol–water partition coefficient (Wildman–Crippen LogP) is 3.13. The number of amides is 1. The van der Waals surface area contributed by atoms with Crippen LogP contribution < -0.4 is 15.6 Å². The molecule has 2 aromatic rings. The van der Waals surface area contributed by atoms with Crippen molar-refractivity contribution in [2.24, 2.45) is 0 Å². The van der Waals surface area contributed by atoms with E-state index in [1.807, 2.05) is 0 Å². The van der Waals surface area contributed by atoms with Crippen molar-refractivity contribution in [2.45, 2.75) is 19.0 Å². The van der Waals surface area contributed by atoms with E-state index in [2.05, 4.69) is 15.8 Å². The largest absolute Gasteiger partial charge is 0.468 e. The quantitative estimate of drug-likeness (QED) is 0.575. The Hall–Kier alpha value is -2.36. The molecule has 1 heterocycles. The molecule has 0 spiro atoms. The molecule has 1 aromatic carbocycles. The van der Waals surface area contributed by atoms with Gasteiger partial charge in [-0.15, -0.1) is 0 Å². The maximum absolute atomic E-state index is 12.7. The summed E-state index contributed by atoms with van der Waals surface area (Å²) in [6.45, 7) is -1.69. The Morgan fingerprint density at radius 3 is 2.54 bits per heavy atom. The van der Waals surface area contributed by atoms with Gasteiger partial charge in [-0.3, -0.25) is 10.2 Å². The summed E-state index contributed by atoms with van der Waals surface area (Å²) in [5, 5.41) is 9.51. The highest BCUT2D eigenvalue weighted by Gasteiger charge is 2.30. The van der Waals surface area contributed by atoms with Crippen LogP contribution in [-0.4, -0.2) is 42.4 Å². The van der Waals surface area contributed by atoms with Crippen LogP contribution in [0.3, 0.4) is 0 Å². The Labute approximate surface area is 164 Å². The molecule has 10 heteroatoms. The van der Waals surface area contributed by atoms with Crippen molar-refractivity contribution in [3.8, 4) is 17.0 Å². The molecule has 1 amide bonds. The maximum atomic E-state index is 12.7. The summed E-state index contributed by atoms with van der Waals surface area (Å²) in [5.41, 5.74) is 5.99. The van der Waals surface area contributed by atoms with Gasteiger partial charge in [0, 0.05) is 24.2 Å². The second-order valence-electron chi connectivity index (χ2n) is 5.78. The van der Waals surface area contributed by atoms with Crippen LogP contribution in [0.25, 0.3) is 11.1 Å². The number of hydrogen-bond donors (Lipinski definition) is 3. The zero-order valence-electron chi connectivity index (χ0n) is 14.9. The molecule has 6 nitrogen and oxygen atoms in total. The maximum Gasteiger partial charge on any atom is 0.422 e. The molecule has 0 atom stereocenters. The number of aliphatic hydroxyl groups excluding tert-OH is 1. The van der Waals surface area contributed by atoms with Crippen molar-refractivity contribution in [3.63, 3.8) is 0 Å². The molecule has 0 aliphatic carbocycles. The topological polar surface area (TPSA) is 83.5 Å². The summed E-state index contributed by atoms with van der Waals surface area (Å²) >= 11 is 5.87. The van der Waals surface area contributed by atoms with E-state index in [-0.39, 0.29) is 42.1 Å². The minimum absolute atomic E-state index is 0.159. The average Bonchev–Trinajstić information content (AvgIpc) is 2.64. The molecular formula is C18H19ClF3N3O3. The van der Waals surface area contributed by atoms with Crippen molar-refractivity contribution < 1.29 is 27.8 Å². The smallest absolute Gasteiger partial charge is 0.422 e. The van der Waals surface area contributed by atoms with Gasteiger partial charge in [0.1, 0.15) is 0 Å². The molecule has 152 valence electrons. The highest BCUT2D eigenvalue weighted by atomic mass is 35.5. The van der Waals surface area contributed by atoms with Crippen LogP contribution in [0.15, 0.2) is 30.3 Å². The Balaban J connectivity index is 2.57. The number of carbonyl (C=O) groups is 1. The van der Waals surface area contributed by atoms with Crippen LogP contribution in [0.4, 0.5) is 13.2 Å². The zero-order chi connectivity index (χ0) is 20.7. The second-order valence-corrected chi connectivity index (χ2v) is 6.21. The van der Waals surface area contributed by atoms with Crippen LogP contribution in [0, 0.1) is 0 Å². The molecule has 0 aliphatic heterocycles. The Morgan fingerprint density at radius 2 is 1.96 bits per heavy atom. The number of alkyl halides is 3. The first-order valence-corrected chi connectivity index (χ1v) is 8.70. The monoisotopic (exact) mass is 417 g/mol. The summed E-state index contributed by atoms with van der Waals surface area (Å²) in [6.07, 6.45) is -4.08. The van der Waals surface area contributed by atoms with Gasteiger partial charge in [0.2, 0.25) is 5.88 Å². The number of halogens is 4. The van der Waals surface area contributed by atoms with E-state index in [0.717, 1.165) is 0 Å². The van der Waals surface area contributed by atoms with Crippen molar-refractivity contribution in [1.29, 1.82) is 0 Å². The Kier molecular flexibility index (Phi) is 7.61. The fraction of sp³-hybridized carbons (Fsp3) is 0.333. The molecule has 1 aromatic heterocycles. The lowest BCUT2D eigenvalue weighted by molar-refractivity contribution is -0.154. The van der Waals surface area contributed by atoms with E-state index in [1.54, 1.807) is 24.3 Å². The minimum Gasteiger partial charge on any atom is -0.468 e. The van der Waals surface area contributed by atoms with Gasteiger partial charge in [0.05, 0.1) is 11.3 Å². The molecule has 0 fully saturated rings. The third-order valence-corrected chi connectivity index (χ3v) is 3.90. The van der Waals surface area contributed by atoms with Crippen LogP contribution in [0.5, 0.6) is 5.88 Å². The summed E-state index contributed by atoms with van der Waals surface area (Å²) < 4.78 is 42.9. The van der Waals surface area contributed by atoms with Crippen LogP contribution >= 0.6 is 11.6 Å². The molecule has 0 radical (unpaired) electrons. The third-order valence-electron chi connectivity index (χ3n) is 3.65. The number of pyridine rings is 1. The fourth-order valence-electron chi connectivity index (χ4n) is 2.44. The number of rotatable bonds is 8.